The molecule has 0 aromatic heterocycles. The molecule has 0 aromatic carbocycles. The van der Waals surface area contributed by atoms with Crippen LogP contribution in [0.15, 0.2) is 0 Å². The van der Waals surface area contributed by atoms with E-state index >= 15 is 0 Å². The second-order valence-corrected chi connectivity index (χ2v) is 2.61. The van der Waals surface area contributed by atoms with E-state index in [0.717, 1.165) is 18.1 Å². The van der Waals surface area contributed by atoms with Crippen LogP contribution in [0, 0.1) is 0 Å². The Morgan fingerprint density at radius 2 is 2.57 bits per heavy atom. The average Bonchev–Trinajstić information content (AvgIpc) is 1.69. The molecule has 1 radical (unpaired) electrons. The van der Waals surface area contributed by atoms with Gasteiger partial charge in [-0.15, -0.1) is 0 Å². The molecule has 1 saturated heterocycles. The summed E-state index contributed by atoms with van der Waals surface area (Å²) in [6.45, 7) is 0.825. The lowest BCUT2D eigenvalue weighted by Gasteiger charge is -2.14. The number of nitrogens with zero attached hydrogens (tertiary/aromatic N) is 1. The van der Waals surface area contributed by atoms with Crippen molar-refractivity contribution in [2.24, 2.45) is 0 Å². The van der Waals surface area contributed by atoms with Crippen LogP contribution in [-0.2, 0) is 0 Å². The summed E-state index contributed by atoms with van der Waals surface area (Å²) in [4.78, 5) is 0. The fourth-order valence-electron chi connectivity index (χ4n) is 0.508. The Labute approximate surface area is 47.3 Å². The van der Waals surface area contributed by atoms with Crippen LogP contribution in [-0.4, -0.2) is 29.4 Å². The zero-order valence-corrected chi connectivity index (χ0v) is 4.82. The second kappa shape index (κ2) is 2.55. The molecule has 1 atom stereocenters. The highest BCUT2D eigenvalue weighted by Gasteiger charge is 2.08. The molecule has 1 heterocycles. The molecule has 3 heteroatoms. The van der Waals surface area contributed by atoms with Gasteiger partial charge >= 0.3 is 0 Å². The van der Waals surface area contributed by atoms with Gasteiger partial charge in [0.1, 0.15) is 6.23 Å². The van der Waals surface area contributed by atoms with Gasteiger partial charge in [-0.1, -0.05) is 0 Å². The topological polar surface area (TPSA) is 34.3 Å². The van der Waals surface area contributed by atoms with Crippen LogP contribution >= 0.6 is 11.8 Å². The molecule has 1 N–H and O–H groups in total. The molecule has 0 aliphatic carbocycles. The lowest BCUT2D eigenvalue weighted by Crippen LogP contribution is -2.30. The molecule has 1 unspecified atom stereocenters. The van der Waals surface area contributed by atoms with Crippen molar-refractivity contribution in [3.63, 3.8) is 0 Å². The molecule has 1 rings (SSSR count). The Balaban J connectivity index is 2.12. The maximum absolute atomic E-state index is 8.72. The fourth-order valence-corrected chi connectivity index (χ4v) is 1.23. The van der Waals surface area contributed by atoms with E-state index in [-0.39, 0.29) is 6.23 Å². The van der Waals surface area contributed by atoms with Gasteiger partial charge in [-0.2, -0.15) is 11.8 Å². The quantitative estimate of drug-likeness (QED) is 0.472. The number of hydrogen-bond acceptors (Lipinski definition) is 2. The van der Waals surface area contributed by atoms with Crippen molar-refractivity contribution in [1.29, 1.82) is 0 Å². The van der Waals surface area contributed by atoms with Crippen LogP contribution in [0.5, 0.6) is 0 Å². The molecular formula is C4H8NOS. The monoisotopic (exact) mass is 118 g/mol. The van der Waals surface area contributed by atoms with Gasteiger partial charge in [0.05, 0.1) is 0 Å². The van der Waals surface area contributed by atoms with Crippen LogP contribution in [0.3, 0.4) is 0 Å². The summed E-state index contributed by atoms with van der Waals surface area (Å²) < 4.78 is 0. The molecular weight excluding hydrogens is 110 g/mol. The molecule has 0 bridgehead atoms. The highest BCUT2D eigenvalue weighted by atomic mass is 32.2. The Morgan fingerprint density at radius 1 is 1.71 bits per heavy atom. The number of thioether (sulfide) groups is 1. The van der Waals surface area contributed by atoms with Crippen molar-refractivity contribution in [3.8, 4) is 0 Å². The maximum Gasteiger partial charge on any atom is 0.129 e. The first-order valence-corrected chi connectivity index (χ1v) is 3.47. The van der Waals surface area contributed by atoms with Gasteiger partial charge in [0.2, 0.25) is 0 Å². The third-order valence-corrected chi connectivity index (χ3v) is 1.85. The van der Waals surface area contributed by atoms with E-state index in [9.17, 15) is 0 Å². The first kappa shape index (κ1) is 5.41. The van der Waals surface area contributed by atoms with E-state index in [4.69, 9.17) is 5.11 Å². The molecule has 2 nitrogen and oxygen atoms in total. The van der Waals surface area contributed by atoms with Gasteiger partial charge < -0.3 is 5.11 Å². The smallest absolute Gasteiger partial charge is 0.129 e. The standard InChI is InChI=1S/C4H8NOS/c6-4-3-7-2-1-5-4/h4,6H,1-3H2. The second-order valence-electron chi connectivity index (χ2n) is 1.46. The molecule has 0 amide bonds. The van der Waals surface area contributed by atoms with Crippen LogP contribution in [0.2, 0.25) is 0 Å². The summed E-state index contributed by atoms with van der Waals surface area (Å²) in [5.41, 5.74) is 0. The summed E-state index contributed by atoms with van der Waals surface area (Å²) in [6, 6.07) is 0. The van der Waals surface area contributed by atoms with Crippen molar-refractivity contribution < 1.29 is 5.11 Å². The van der Waals surface area contributed by atoms with Crippen LogP contribution in [0.25, 0.3) is 0 Å². The van der Waals surface area contributed by atoms with Gasteiger partial charge in [0.15, 0.2) is 0 Å². The Kier molecular flexibility index (Phi) is 1.97. The van der Waals surface area contributed by atoms with Gasteiger partial charge in [-0.25, -0.2) is 5.32 Å². The van der Waals surface area contributed by atoms with Gasteiger partial charge in [0.25, 0.3) is 0 Å². The highest BCUT2D eigenvalue weighted by Crippen LogP contribution is 2.05. The summed E-state index contributed by atoms with van der Waals surface area (Å²) in [6.07, 6.45) is -0.376. The molecule has 1 fully saturated rings. The van der Waals surface area contributed by atoms with E-state index in [1.54, 1.807) is 11.8 Å². The molecule has 1 aliphatic heterocycles. The Hall–Kier alpha value is 0.270. The number of aliphatic hydroxyl groups excluding tert-OH is 1. The van der Waals surface area contributed by atoms with Gasteiger partial charge in [-0.05, 0) is 0 Å². The normalized spacial score (nSPS) is 33.0. The summed E-state index contributed by atoms with van der Waals surface area (Å²) >= 11 is 1.76. The lowest BCUT2D eigenvalue weighted by atomic mass is 10.6. The third-order valence-electron chi connectivity index (χ3n) is 0.842. The third kappa shape index (κ3) is 1.67. The minimum atomic E-state index is -0.376. The average molecular weight is 118 g/mol. The summed E-state index contributed by atoms with van der Waals surface area (Å²) in [5.74, 6) is 1.87. The van der Waals surface area contributed by atoms with Crippen LogP contribution < -0.4 is 5.32 Å². The first-order valence-electron chi connectivity index (χ1n) is 2.32. The van der Waals surface area contributed by atoms with Crippen molar-refractivity contribution >= 4 is 11.8 Å². The largest absolute Gasteiger partial charge is 0.376 e. The van der Waals surface area contributed by atoms with Crippen LogP contribution in [0.4, 0.5) is 0 Å². The Morgan fingerprint density at radius 3 is 2.86 bits per heavy atom. The molecule has 0 spiro atoms. The highest BCUT2D eigenvalue weighted by molar-refractivity contribution is 7.99. The molecule has 0 aromatic rings. The molecule has 7 heavy (non-hydrogen) atoms. The van der Waals surface area contributed by atoms with Crippen molar-refractivity contribution in [3.05, 3.63) is 0 Å². The van der Waals surface area contributed by atoms with E-state index < -0.39 is 0 Å². The van der Waals surface area contributed by atoms with Crippen molar-refractivity contribution in [2.45, 2.75) is 6.23 Å². The lowest BCUT2D eigenvalue weighted by molar-refractivity contribution is 0.157. The van der Waals surface area contributed by atoms with Gasteiger partial charge in [-0.3, -0.25) is 0 Å². The van der Waals surface area contributed by atoms with Crippen LogP contribution in [0.1, 0.15) is 0 Å². The zero-order chi connectivity index (χ0) is 5.11. The van der Waals surface area contributed by atoms with E-state index in [0.29, 0.717) is 0 Å². The number of rotatable bonds is 0. The predicted molar refractivity (Wildman–Crippen MR) is 30.3 cm³/mol. The fraction of sp³-hybridized carbons (Fsp3) is 1.00. The van der Waals surface area contributed by atoms with E-state index in [2.05, 4.69) is 5.32 Å². The minimum absolute atomic E-state index is 0.376. The van der Waals surface area contributed by atoms with E-state index in [1.807, 2.05) is 0 Å². The molecule has 1 aliphatic rings. The molecule has 41 valence electrons. The van der Waals surface area contributed by atoms with Crippen molar-refractivity contribution in [2.75, 3.05) is 18.1 Å². The van der Waals surface area contributed by atoms with Crippen molar-refractivity contribution in [1.82, 2.24) is 5.32 Å². The van der Waals surface area contributed by atoms with Gasteiger partial charge in [0, 0.05) is 18.1 Å². The van der Waals surface area contributed by atoms with E-state index in [1.165, 1.54) is 0 Å². The molecule has 0 saturated carbocycles. The predicted octanol–water partition coefficient (Wildman–Crippen LogP) is -0.344. The summed E-state index contributed by atoms with van der Waals surface area (Å²) in [7, 11) is 0. The zero-order valence-electron chi connectivity index (χ0n) is 4.00. The first-order chi connectivity index (χ1) is 3.39. The minimum Gasteiger partial charge on any atom is -0.376 e. The Bertz CT molecular complexity index is 53.7. The SMILES string of the molecule is OC1CSCC[N]1. The number of hydrogen-bond donors (Lipinski definition) is 1. The number of aliphatic hydroxyl groups is 1. The summed E-state index contributed by atoms with van der Waals surface area (Å²) in [5, 5.41) is 12.6. The maximum atomic E-state index is 8.72.